The number of hydrogen-bond acceptors (Lipinski definition) is 5. The van der Waals surface area contributed by atoms with Crippen molar-refractivity contribution in [1.29, 1.82) is 0 Å². The molecule has 0 fully saturated rings. The molecule has 1 unspecified atom stereocenters. The summed E-state index contributed by atoms with van der Waals surface area (Å²) >= 11 is 0. The number of nitro benzene ring substituents is 1. The lowest BCUT2D eigenvalue weighted by molar-refractivity contribution is -0.385. The molecule has 0 aliphatic heterocycles. The Balaban J connectivity index is 2.82. The Hall–Kier alpha value is -2.15. The number of aliphatic carboxylic acids is 1. The minimum Gasteiger partial charge on any atom is -0.491 e. The number of carboxylic acid groups (broad SMARTS) is 1. The number of aryl methyl sites for hydroxylation is 1. The monoisotopic (exact) mass is 268 g/mol. The van der Waals surface area contributed by atoms with E-state index in [1.807, 2.05) is 0 Å². The highest BCUT2D eigenvalue weighted by Gasteiger charge is 2.32. The molecule has 19 heavy (non-hydrogen) atoms. The first-order valence-electron chi connectivity index (χ1n) is 5.60. The van der Waals surface area contributed by atoms with E-state index in [2.05, 4.69) is 5.32 Å². The molecule has 0 radical (unpaired) electrons. The number of ether oxygens (including phenoxy) is 1. The number of likely N-dealkylation sites (N-methyl/N-ethyl adjacent to an activating group) is 1. The van der Waals surface area contributed by atoms with Crippen LogP contribution in [0.2, 0.25) is 0 Å². The van der Waals surface area contributed by atoms with Crippen LogP contribution in [0.1, 0.15) is 12.5 Å². The van der Waals surface area contributed by atoms with Crippen molar-refractivity contribution in [1.82, 2.24) is 5.32 Å². The number of benzene rings is 1. The van der Waals surface area contributed by atoms with Crippen molar-refractivity contribution in [2.75, 3.05) is 13.7 Å². The van der Waals surface area contributed by atoms with E-state index in [1.54, 1.807) is 6.92 Å². The van der Waals surface area contributed by atoms with Gasteiger partial charge in [0.25, 0.3) is 5.69 Å². The Morgan fingerprint density at radius 1 is 1.58 bits per heavy atom. The van der Waals surface area contributed by atoms with E-state index in [9.17, 15) is 14.9 Å². The molecular weight excluding hydrogens is 252 g/mol. The molecule has 7 nitrogen and oxygen atoms in total. The third-order valence-electron chi connectivity index (χ3n) is 2.92. The quantitative estimate of drug-likeness (QED) is 0.596. The van der Waals surface area contributed by atoms with Gasteiger partial charge >= 0.3 is 5.97 Å². The van der Waals surface area contributed by atoms with Crippen molar-refractivity contribution in [3.05, 3.63) is 33.9 Å². The number of carbonyl (C=O) groups is 1. The first-order chi connectivity index (χ1) is 8.80. The summed E-state index contributed by atoms with van der Waals surface area (Å²) in [6.45, 7) is 3.00. The van der Waals surface area contributed by atoms with Gasteiger partial charge in [0.1, 0.15) is 17.9 Å². The summed E-state index contributed by atoms with van der Waals surface area (Å²) in [4.78, 5) is 21.2. The molecule has 0 bridgehead atoms. The number of hydrogen-bond donors (Lipinski definition) is 2. The van der Waals surface area contributed by atoms with Crippen LogP contribution >= 0.6 is 0 Å². The van der Waals surface area contributed by atoms with Gasteiger partial charge in [0.05, 0.1) is 4.92 Å². The molecule has 104 valence electrons. The fourth-order valence-corrected chi connectivity index (χ4v) is 1.39. The molecule has 1 atom stereocenters. The SMILES string of the molecule is CNC(C)(COc1ccc([N+](=O)[O-])c(C)c1)C(=O)O. The Kier molecular flexibility index (Phi) is 4.44. The predicted molar refractivity (Wildman–Crippen MR) is 68.4 cm³/mol. The van der Waals surface area contributed by atoms with Crippen molar-refractivity contribution < 1.29 is 19.6 Å². The van der Waals surface area contributed by atoms with Crippen LogP contribution < -0.4 is 10.1 Å². The van der Waals surface area contributed by atoms with Crippen LogP contribution in [0.5, 0.6) is 5.75 Å². The molecule has 0 spiro atoms. The summed E-state index contributed by atoms with van der Waals surface area (Å²) < 4.78 is 5.37. The van der Waals surface area contributed by atoms with Crippen molar-refractivity contribution in [2.45, 2.75) is 19.4 Å². The summed E-state index contributed by atoms with van der Waals surface area (Å²) in [5, 5.41) is 22.4. The second-order valence-corrected chi connectivity index (χ2v) is 4.38. The summed E-state index contributed by atoms with van der Waals surface area (Å²) in [5.74, 6) is -0.639. The highest BCUT2D eigenvalue weighted by molar-refractivity contribution is 5.78. The molecule has 1 aromatic rings. The van der Waals surface area contributed by atoms with Gasteiger partial charge in [-0.05, 0) is 33.0 Å². The van der Waals surface area contributed by atoms with Gasteiger partial charge in [-0.25, -0.2) is 0 Å². The first-order valence-corrected chi connectivity index (χ1v) is 5.60. The van der Waals surface area contributed by atoms with Crippen LogP contribution in [0.15, 0.2) is 18.2 Å². The zero-order chi connectivity index (χ0) is 14.6. The van der Waals surface area contributed by atoms with Gasteiger partial charge in [0, 0.05) is 11.6 Å². The smallest absolute Gasteiger partial charge is 0.327 e. The van der Waals surface area contributed by atoms with Gasteiger partial charge in [-0.1, -0.05) is 0 Å². The number of nitro groups is 1. The molecule has 1 rings (SSSR count). The molecule has 0 aliphatic rings. The lowest BCUT2D eigenvalue weighted by atomic mass is 10.1. The second-order valence-electron chi connectivity index (χ2n) is 4.38. The highest BCUT2D eigenvalue weighted by Crippen LogP contribution is 2.23. The second kappa shape index (κ2) is 5.66. The zero-order valence-corrected chi connectivity index (χ0v) is 11.0. The molecule has 1 aromatic carbocycles. The lowest BCUT2D eigenvalue weighted by Crippen LogP contribution is -2.52. The van der Waals surface area contributed by atoms with Crippen molar-refractivity contribution >= 4 is 11.7 Å². The third-order valence-corrected chi connectivity index (χ3v) is 2.92. The first kappa shape index (κ1) is 14.9. The molecule has 2 N–H and O–H groups in total. The molecule has 0 amide bonds. The summed E-state index contributed by atoms with van der Waals surface area (Å²) in [6.07, 6.45) is 0. The zero-order valence-electron chi connectivity index (χ0n) is 11.0. The molecular formula is C12H16N2O5. The Morgan fingerprint density at radius 2 is 2.21 bits per heavy atom. The van der Waals surface area contributed by atoms with E-state index in [4.69, 9.17) is 9.84 Å². The standard InChI is InChI=1S/C12H16N2O5/c1-8-6-9(4-5-10(8)14(17)18)19-7-12(2,13-3)11(15)16/h4-6,13H,7H2,1-3H3,(H,15,16). The molecule has 0 aromatic heterocycles. The van der Waals surface area contributed by atoms with E-state index in [-0.39, 0.29) is 12.3 Å². The van der Waals surface area contributed by atoms with Gasteiger partial charge in [-0.3, -0.25) is 14.9 Å². The van der Waals surface area contributed by atoms with E-state index < -0.39 is 16.4 Å². The number of nitrogens with one attached hydrogen (secondary N) is 1. The van der Waals surface area contributed by atoms with Gasteiger partial charge in [0.15, 0.2) is 0 Å². The lowest BCUT2D eigenvalue weighted by Gasteiger charge is -2.24. The maximum Gasteiger partial charge on any atom is 0.327 e. The average molecular weight is 268 g/mol. The summed E-state index contributed by atoms with van der Waals surface area (Å²) in [7, 11) is 1.53. The normalized spacial score (nSPS) is 13.6. The van der Waals surface area contributed by atoms with Crippen LogP contribution in [0.3, 0.4) is 0 Å². The van der Waals surface area contributed by atoms with Gasteiger partial charge in [-0.15, -0.1) is 0 Å². The van der Waals surface area contributed by atoms with E-state index >= 15 is 0 Å². The van der Waals surface area contributed by atoms with Gasteiger partial charge in [-0.2, -0.15) is 0 Å². The van der Waals surface area contributed by atoms with Crippen LogP contribution in [-0.4, -0.2) is 35.2 Å². The van der Waals surface area contributed by atoms with Gasteiger partial charge < -0.3 is 15.2 Å². The minimum absolute atomic E-state index is 0.00182. The summed E-state index contributed by atoms with van der Waals surface area (Å²) in [5.41, 5.74) is -0.749. The Bertz CT molecular complexity index is 503. The topological polar surface area (TPSA) is 102 Å². The number of nitrogens with zero attached hydrogens (tertiary/aromatic N) is 1. The summed E-state index contributed by atoms with van der Waals surface area (Å²) in [6, 6.07) is 4.29. The molecule has 0 heterocycles. The highest BCUT2D eigenvalue weighted by atomic mass is 16.6. The van der Waals surface area contributed by atoms with Crippen LogP contribution in [0, 0.1) is 17.0 Å². The largest absolute Gasteiger partial charge is 0.491 e. The average Bonchev–Trinajstić information content (AvgIpc) is 2.35. The maximum absolute atomic E-state index is 11.1. The van der Waals surface area contributed by atoms with E-state index in [0.29, 0.717) is 11.3 Å². The van der Waals surface area contributed by atoms with E-state index in [1.165, 1.54) is 32.2 Å². The Labute approximate surface area is 110 Å². The van der Waals surface area contributed by atoms with Crippen molar-refractivity contribution in [2.24, 2.45) is 0 Å². The Morgan fingerprint density at radius 3 is 2.63 bits per heavy atom. The molecule has 7 heteroatoms. The van der Waals surface area contributed by atoms with Crippen LogP contribution in [-0.2, 0) is 4.79 Å². The number of carboxylic acids is 1. The molecule has 0 saturated carbocycles. The predicted octanol–water partition coefficient (Wildman–Crippen LogP) is 1.34. The van der Waals surface area contributed by atoms with Crippen molar-refractivity contribution in [3.8, 4) is 5.75 Å². The van der Waals surface area contributed by atoms with Crippen LogP contribution in [0.25, 0.3) is 0 Å². The fourth-order valence-electron chi connectivity index (χ4n) is 1.39. The van der Waals surface area contributed by atoms with E-state index in [0.717, 1.165) is 0 Å². The maximum atomic E-state index is 11.1. The van der Waals surface area contributed by atoms with Gasteiger partial charge in [0.2, 0.25) is 0 Å². The number of rotatable bonds is 6. The van der Waals surface area contributed by atoms with Crippen molar-refractivity contribution in [3.63, 3.8) is 0 Å². The van der Waals surface area contributed by atoms with Crippen LogP contribution in [0.4, 0.5) is 5.69 Å². The fraction of sp³-hybridized carbons (Fsp3) is 0.417. The third kappa shape index (κ3) is 3.41. The molecule has 0 aliphatic carbocycles. The minimum atomic E-state index is -1.21. The molecule has 0 saturated heterocycles.